The summed E-state index contributed by atoms with van der Waals surface area (Å²) in [4.78, 5) is 15.2. The van der Waals surface area contributed by atoms with Gasteiger partial charge in [0, 0.05) is 35.5 Å². The molecule has 7 heteroatoms. The number of sulfone groups is 1. The van der Waals surface area contributed by atoms with Crippen molar-refractivity contribution in [1.29, 1.82) is 0 Å². The summed E-state index contributed by atoms with van der Waals surface area (Å²) in [5, 5.41) is 3.88. The van der Waals surface area contributed by atoms with E-state index in [1.807, 2.05) is 24.3 Å². The van der Waals surface area contributed by atoms with E-state index < -0.39 is 9.84 Å². The van der Waals surface area contributed by atoms with Gasteiger partial charge in [0.25, 0.3) is 5.91 Å². The van der Waals surface area contributed by atoms with Gasteiger partial charge >= 0.3 is 0 Å². The van der Waals surface area contributed by atoms with Gasteiger partial charge in [-0.15, -0.1) is 0 Å². The Labute approximate surface area is 178 Å². The van der Waals surface area contributed by atoms with Crippen LogP contribution in [0.15, 0.2) is 53.4 Å². The van der Waals surface area contributed by atoms with Crippen molar-refractivity contribution in [2.75, 3.05) is 19.8 Å². The summed E-state index contributed by atoms with van der Waals surface area (Å²) in [5.41, 5.74) is 1.72. The van der Waals surface area contributed by atoms with Crippen LogP contribution in [0.3, 0.4) is 0 Å². The predicted molar refractivity (Wildman–Crippen MR) is 116 cm³/mol. The van der Waals surface area contributed by atoms with Crippen LogP contribution in [0.2, 0.25) is 5.02 Å². The summed E-state index contributed by atoms with van der Waals surface area (Å²) in [7, 11) is -1.16. The van der Waals surface area contributed by atoms with Crippen LogP contribution in [-0.4, -0.2) is 51.2 Å². The molecule has 0 saturated heterocycles. The summed E-state index contributed by atoms with van der Waals surface area (Å²) in [6, 6.07) is 14.4. The molecule has 29 heavy (non-hydrogen) atoms. The Morgan fingerprint density at radius 1 is 1.10 bits per heavy atom. The number of carbonyl (C=O) groups excluding carboxylic acids is 1. The van der Waals surface area contributed by atoms with E-state index in [1.165, 1.54) is 17.7 Å². The van der Waals surface area contributed by atoms with Crippen molar-refractivity contribution in [1.82, 2.24) is 10.2 Å². The monoisotopic (exact) mass is 434 g/mol. The molecule has 1 fully saturated rings. The Bertz CT molecular complexity index is 943. The molecule has 0 aromatic heterocycles. The van der Waals surface area contributed by atoms with Crippen LogP contribution < -0.4 is 5.32 Å². The molecule has 0 heterocycles. The van der Waals surface area contributed by atoms with Gasteiger partial charge < -0.3 is 10.2 Å². The first-order chi connectivity index (χ1) is 13.7. The van der Waals surface area contributed by atoms with Crippen LogP contribution in [0.1, 0.15) is 35.2 Å². The third-order valence-corrected chi connectivity index (χ3v) is 6.95. The molecule has 5 nitrogen and oxygen atoms in total. The fourth-order valence-electron chi connectivity index (χ4n) is 3.86. The zero-order chi connectivity index (χ0) is 21.0. The highest BCUT2D eigenvalue weighted by Gasteiger charge is 2.31. The first kappa shape index (κ1) is 21.8. The molecule has 1 aliphatic carbocycles. The van der Waals surface area contributed by atoms with E-state index in [2.05, 4.69) is 17.3 Å². The number of benzene rings is 2. The number of hydrogen-bond donors (Lipinski definition) is 1. The van der Waals surface area contributed by atoms with Crippen LogP contribution in [0.4, 0.5) is 0 Å². The standard InChI is InChI=1S/C22H27ClN2O3S/c1-25(15-14-16-6-10-18(23)11-7-16)21-5-3-4-20(21)24-22(26)17-8-12-19(13-9-17)29(2,27)28/h6-13,20-21H,3-5,14-15H2,1-2H3,(H,24,26)/t20-,21-/m1/s1. The van der Waals surface area contributed by atoms with E-state index in [-0.39, 0.29) is 16.8 Å². The van der Waals surface area contributed by atoms with Crippen molar-refractivity contribution in [3.63, 3.8) is 0 Å². The van der Waals surface area contributed by atoms with Crippen LogP contribution in [0.25, 0.3) is 0 Å². The lowest BCUT2D eigenvalue weighted by molar-refractivity contribution is 0.0913. The molecule has 0 bridgehead atoms. The summed E-state index contributed by atoms with van der Waals surface area (Å²) < 4.78 is 23.2. The fourth-order valence-corrected chi connectivity index (χ4v) is 4.62. The van der Waals surface area contributed by atoms with Gasteiger partial charge in [-0.05, 0) is 74.7 Å². The average molecular weight is 435 g/mol. The van der Waals surface area contributed by atoms with E-state index in [9.17, 15) is 13.2 Å². The van der Waals surface area contributed by atoms with Gasteiger partial charge in [-0.3, -0.25) is 4.79 Å². The molecule has 1 aliphatic rings. The lowest BCUT2D eigenvalue weighted by atomic mass is 10.1. The molecule has 156 valence electrons. The Hall–Kier alpha value is -1.89. The zero-order valence-corrected chi connectivity index (χ0v) is 18.3. The number of likely N-dealkylation sites (N-methyl/N-ethyl adjacent to an activating group) is 1. The topological polar surface area (TPSA) is 66.5 Å². The van der Waals surface area contributed by atoms with Crippen molar-refractivity contribution in [3.8, 4) is 0 Å². The number of rotatable bonds is 7. The summed E-state index contributed by atoms with van der Waals surface area (Å²) in [5.74, 6) is -0.159. The SMILES string of the molecule is CN(CCc1ccc(Cl)cc1)[C@@H]1CCC[C@H]1NC(=O)c1ccc(S(C)(=O)=O)cc1. The molecule has 2 aromatic rings. The van der Waals surface area contributed by atoms with Crippen LogP contribution in [0, 0.1) is 0 Å². The summed E-state index contributed by atoms with van der Waals surface area (Å²) >= 11 is 5.95. The van der Waals surface area contributed by atoms with Crippen molar-refractivity contribution >= 4 is 27.3 Å². The molecule has 0 radical (unpaired) electrons. The number of amides is 1. The largest absolute Gasteiger partial charge is 0.348 e. The van der Waals surface area contributed by atoms with E-state index >= 15 is 0 Å². The number of halogens is 1. The molecule has 0 unspecified atom stereocenters. The van der Waals surface area contributed by atoms with Crippen molar-refractivity contribution in [2.45, 2.75) is 42.7 Å². The molecule has 2 atom stereocenters. The second-order valence-electron chi connectivity index (χ2n) is 7.73. The quantitative estimate of drug-likeness (QED) is 0.723. The predicted octanol–water partition coefficient (Wildman–Crippen LogP) is 3.57. The van der Waals surface area contributed by atoms with Crippen LogP contribution >= 0.6 is 11.6 Å². The molecular weight excluding hydrogens is 408 g/mol. The lowest BCUT2D eigenvalue weighted by Crippen LogP contribution is -2.47. The van der Waals surface area contributed by atoms with E-state index in [1.54, 1.807) is 12.1 Å². The van der Waals surface area contributed by atoms with Crippen LogP contribution in [-0.2, 0) is 16.3 Å². The van der Waals surface area contributed by atoms with Crippen molar-refractivity contribution < 1.29 is 13.2 Å². The Kier molecular flexibility index (Phi) is 6.98. The van der Waals surface area contributed by atoms with E-state index in [0.29, 0.717) is 11.6 Å². The van der Waals surface area contributed by atoms with Crippen LogP contribution in [0.5, 0.6) is 0 Å². The van der Waals surface area contributed by atoms with Gasteiger partial charge in [0.1, 0.15) is 0 Å². The Morgan fingerprint density at radius 3 is 2.38 bits per heavy atom. The fraction of sp³-hybridized carbons (Fsp3) is 0.409. The second-order valence-corrected chi connectivity index (χ2v) is 10.2. The van der Waals surface area contributed by atoms with Crippen molar-refractivity contribution in [3.05, 3.63) is 64.7 Å². The first-order valence-electron chi connectivity index (χ1n) is 9.80. The third kappa shape index (κ3) is 5.81. The van der Waals surface area contributed by atoms with Gasteiger partial charge in [-0.25, -0.2) is 8.42 Å². The van der Waals surface area contributed by atoms with Gasteiger partial charge in [0.05, 0.1) is 4.90 Å². The lowest BCUT2D eigenvalue weighted by Gasteiger charge is -2.30. The maximum atomic E-state index is 12.6. The smallest absolute Gasteiger partial charge is 0.251 e. The molecule has 2 aromatic carbocycles. The van der Waals surface area contributed by atoms with E-state index in [0.717, 1.165) is 43.5 Å². The first-order valence-corrected chi connectivity index (χ1v) is 12.1. The minimum atomic E-state index is -3.27. The number of nitrogens with one attached hydrogen (secondary N) is 1. The van der Waals surface area contributed by atoms with E-state index in [4.69, 9.17) is 11.6 Å². The van der Waals surface area contributed by atoms with Gasteiger partial charge in [-0.2, -0.15) is 0 Å². The normalized spacial score (nSPS) is 19.4. The highest BCUT2D eigenvalue weighted by Crippen LogP contribution is 2.24. The van der Waals surface area contributed by atoms with Gasteiger partial charge in [0.15, 0.2) is 9.84 Å². The molecule has 3 rings (SSSR count). The molecular formula is C22H27ClN2O3S. The Balaban J connectivity index is 1.58. The zero-order valence-electron chi connectivity index (χ0n) is 16.8. The molecule has 0 spiro atoms. The minimum Gasteiger partial charge on any atom is -0.348 e. The highest BCUT2D eigenvalue weighted by atomic mass is 35.5. The maximum absolute atomic E-state index is 12.6. The summed E-state index contributed by atoms with van der Waals surface area (Å²) in [6.07, 6.45) is 5.16. The number of carbonyl (C=O) groups is 1. The highest BCUT2D eigenvalue weighted by molar-refractivity contribution is 7.90. The maximum Gasteiger partial charge on any atom is 0.251 e. The van der Waals surface area contributed by atoms with Gasteiger partial charge in [-0.1, -0.05) is 23.7 Å². The van der Waals surface area contributed by atoms with Gasteiger partial charge in [0.2, 0.25) is 0 Å². The molecule has 1 amide bonds. The summed E-state index contributed by atoms with van der Waals surface area (Å²) in [6.45, 7) is 0.904. The molecule has 0 aliphatic heterocycles. The molecule has 1 N–H and O–H groups in total. The Morgan fingerprint density at radius 2 is 1.76 bits per heavy atom. The minimum absolute atomic E-state index is 0.0901. The molecule has 1 saturated carbocycles. The number of nitrogens with zero attached hydrogens (tertiary/aromatic N) is 1. The third-order valence-electron chi connectivity index (χ3n) is 5.57. The average Bonchev–Trinajstić information content (AvgIpc) is 3.15. The van der Waals surface area contributed by atoms with Crippen molar-refractivity contribution in [2.24, 2.45) is 0 Å². The second kappa shape index (κ2) is 9.28. The number of hydrogen-bond acceptors (Lipinski definition) is 4.